The summed E-state index contributed by atoms with van der Waals surface area (Å²) >= 11 is 3.42. The van der Waals surface area contributed by atoms with E-state index in [0.717, 1.165) is 15.6 Å². The molecule has 0 unspecified atom stereocenters. The molecule has 0 aliphatic heterocycles. The van der Waals surface area contributed by atoms with Crippen LogP contribution in [0.4, 0.5) is 0 Å². The van der Waals surface area contributed by atoms with Crippen LogP contribution in [0.25, 0.3) is 6.08 Å². The Morgan fingerprint density at radius 1 is 1.53 bits per heavy atom. The lowest BCUT2D eigenvalue weighted by Crippen LogP contribution is -1.98. The molecule has 0 saturated carbocycles. The molecule has 0 amide bonds. The van der Waals surface area contributed by atoms with E-state index in [0.29, 0.717) is 6.61 Å². The van der Waals surface area contributed by atoms with Gasteiger partial charge >= 0.3 is 5.97 Å². The van der Waals surface area contributed by atoms with E-state index in [1.165, 1.54) is 6.08 Å². The fraction of sp³-hybridized carbons (Fsp3) is 0.250. The topological polar surface area (TPSA) is 26.3 Å². The SMILES string of the molecule is CCOC(=O)/C=C/c1cc(C)ccc1Br. The molecule has 0 bridgehead atoms. The van der Waals surface area contributed by atoms with Crippen molar-refractivity contribution < 1.29 is 9.53 Å². The summed E-state index contributed by atoms with van der Waals surface area (Å²) in [7, 11) is 0. The van der Waals surface area contributed by atoms with Crippen LogP contribution in [0.15, 0.2) is 28.7 Å². The van der Waals surface area contributed by atoms with Crippen molar-refractivity contribution in [3.05, 3.63) is 39.9 Å². The molecule has 0 fully saturated rings. The highest BCUT2D eigenvalue weighted by Crippen LogP contribution is 2.19. The number of hydrogen-bond donors (Lipinski definition) is 0. The zero-order valence-corrected chi connectivity index (χ0v) is 10.4. The van der Waals surface area contributed by atoms with Gasteiger partial charge in [-0.2, -0.15) is 0 Å². The molecule has 0 N–H and O–H groups in total. The fourth-order valence-corrected chi connectivity index (χ4v) is 1.52. The summed E-state index contributed by atoms with van der Waals surface area (Å²) in [5, 5.41) is 0. The average molecular weight is 269 g/mol. The van der Waals surface area contributed by atoms with E-state index in [1.54, 1.807) is 13.0 Å². The first-order valence-corrected chi connectivity index (χ1v) is 5.53. The number of benzene rings is 1. The van der Waals surface area contributed by atoms with Gasteiger partial charge in [-0.1, -0.05) is 33.6 Å². The Labute approximate surface area is 98.1 Å². The first-order chi connectivity index (χ1) is 7.13. The van der Waals surface area contributed by atoms with Gasteiger partial charge in [0.2, 0.25) is 0 Å². The summed E-state index contributed by atoms with van der Waals surface area (Å²) in [6.07, 6.45) is 3.18. The van der Waals surface area contributed by atoms with Gasteiger partial charge < -0.3 is 4.74 Å². The third kappa shape index (κ3) is 3.88. The van der Waals surface area contributed by atoms with Crippen molar-refractivity contribution in [2.45, 2.75) is 13.8 Å². The molecular formula is C12H13BrO2. The van der Waals surface area contributed by atoms with Crippen LogP contribution in [0.1, 0.15) is 18.1 Å². The number of ether oxygens (including phenoxy) is 1. The first-order valence-electron chi connectivity index (χ1n) is 4.74. The lowest BCUT2D eigenvalue weighted by molar-refractivity contribution is -0.137. The molecule has 15 heavy (non-hydrogen) atoms. The van der Waals surface area contributed by atoms with E-state index in [1.807, 2.05) is 25.1 Å². The van der Waals surface area contributed by atoms with E-state index in [4.69, 9.17) is 4.74 Å². The molecule has 0 spiro atoms. The zero-order valence-electron chi connectivity index (χ0n) is 8.79. The van der Waals surface area contributed by atoms with Gasteiger partial charge in [0, 0.05) is 10.5 Å². The van der Waals surface area contributed by atoms with Crippen molar-refractivity contribution in [1.82, 2.24) is 0 Å². The minimum atomic E-state index is -0.314. The van der Waals surface area contributed by atoms with Gasteiger partial charge in [-0.3, -0.25) is 0 Å². The Kier molecular flexibility index (Phi) is 4.56. The highest BCUT2D eigenvalue weighted by Gasteiger charge is 1.98. The van der Waals surface area contributed by atoms with Gasteiger partial charge in [0.05, 0.1) is 6.61 Å². The zero-order chi connectivity index (χ0) is 11.3. The van der Waals surface area contributed by atoms with Crippen molar-refractivity contribution in [3.8, 4) is 0 Å². The number of halogens is 1. The van der Waals surface area contributed by atoms with E-state index in [9.17, 15) is 4.79 Å². The van der Waals surface area contributed by atoms with Gasteiger partial charge in [-0.15, -0.1) is 0 Å². The number of carbonyl (C=O) groups is 1. The molecule has 1 rings (SSSR count). The standard InChI is InChI=1S/C12H13BrO2/c1-3-15-12(14)7-5-10-8-9(2)4-6-11(10)13/h4-8H,3H2,1-2H3/b7-5+. The predicted molar refractivity (Wildman–Crippen MR) is 64.5 cm³/mol. The van der Waals surface area contributed by atoms with Crippen molar-refractivity contribution >= 4 is 28.0 Å². The molecule has 80 valence electrons. The van der Waals surface area contributed by atoms with Crippen LogP contribution in [0, 0.1) is 6.92 Å². The number of carbonyl (C=O) groups excluding carboxylic acids is 1. The monoisotopic (exact) mass is 268 g/mol. The Hall–Kier alpha value is -1.09. The Balaban J connectivity index is 2.79. The molecule has 0 atom stereocenters. The van der Waals surface area contributed by atoms with Crippen LogP contribution in [-0.4, -0.2) is 12.6 Å². The summed E-state index contributed by atoms with van der Waals surface area (Å²) in [5.41, 5.74) is 2.13. The molecule has 1 aromatic rings. The van der Waals surface area contributed by atoms with Gasteiger partial charge in [-0.05, 0) is 31.6 Å². The maximum Gasteiger partial charge on any atom is 0.330 e. The smallest absolute Gasteiger partial charge is 0.330 e. The van der Waals surface area contributed by atoms with Crippen molar-refractivity contribution in [2.24, 2.45) is 0 Å². The van der Waals surface area contributed by atoms with Crippen molar-refractivity contribution in [3.63, 3.8) is 0 Å². The molecular weight excluding hydrogens is 256 g/mol. The molecule has 0 aromatic heterocycles. The van der Waals surface area contributed by atoms with Crippen LogP contribution in [0.2, 0.25) is 0 Å². The Morgan fingerprint density at radius 3 is 2.93 bits per heavy atom. The summed E-state index contributed by atoms with van der Waals surface area (Å²) < 4.78 is 5.76. The highest BCUT2D eigenvalue weighted by molar-refractivity contribution is 9.10. The van der Waals surface area contributed by atoms with E-state index in [-0.39, 0.29) is 5.97 Å². The molecule has 0 saturated heterocycles. The normalized spacial score (nSPS) is 10.6. The molecule has 0 aliphatic carbocycles. The third-order valence-electron chi connectivity index (χ3n) is 1.84. The van der Waals surface area contributed by atoms with Gasteiger partial charge in [0.15, 0.2) is 0 Å². The molecule has 0 heterocycles. The largest absolute Gasteiger partial charge is 0.463 e. The summed E-state index contributed by atoms with van der Waals surface area (Å²) in [5.74, 6) is -0.314. The number of rotatable bonds is 3. The number of esters is 1. The van der Waals surface area contributed by atoms with Gasteiger partial charge in [0.25, 0.3) is 0 Å². The van der Waals surface area contributed by atoms with Crippen LogP contribution >= 0.6 is 15.9 Å². The number of hydrogen-bond acceptors (Lipinski definition) is 2. The maximum absolute atomic E-state index is 11.1. The third-order valence-corrected chi connectivity index (χ3v) is 2.56. The van der Waals surface area contributed by atoms with Crippen LogP contribution in [0.5, 0.6) is 0 Å². The average Bonchev–Trinajstić information content (AvgIpc) is 2.20. The van der Waals surface area contributed by atoms with Crippen molar-refractivity contribution in [1.29, 1.82) is 0 Å². The van der Waals surface area contributed by atoms with E-state index >= 15 is 0 Å². The molecule has 2 nitrogen and oxygen atoms in total. The quantitative estimate of drug-likeness (QED) is 0.621. The first kappa shape index (κ1) is 12.0. The van der Waals surface area contributed by atoms with E-state index < -0.39 is 0 Å². The molecule has 1 aromatic carbocycles. The number of aryl methyl sites for hydroxylation is 1. The fourth-order valence-electron chi connectivity index (χ4n) is 1.14. The second kappa shape index (κ2) is 5.71. The molecule has 0 aliphatic rings. The Morgan fingerprint density at radius 2 is 2.27 bits per heavy atom. The minimum Gasteiger partial charge on any atom is -0.463 e. The van der Waals surface area contributed by atoms with Gasteiger partial charge in [0.1, 0.15) is 0 Å². The second-order valence-electron chi connectivity index (χ2n) is 3.11. The summed E-state index contributed by atoms with van der Waals surface area (Å²) in [4.78, 5) is 11.1. The molecule has 0 radical (unpaired) electrons. The summed E-state index contributed by atoms with van der Waals surface area (Å²) in [6, 6.07) is 5.96. The van der Waals surface area contributed by atoms with Crippen LogP contribution in [0.3, 0.4) is 0 Å². The van der Waals surface area contributed by atoms with Gasteiger partial charge in [-0.25, -0.2) is 4.79 Å². The minimum absolute atomic E-state index is 0.314. The van der Waals surface area contributed by atoms with Crippen molar-refractivity contribution in [2.75, 3.05) is 6.61 Å². The maximum atomic E-state index is 11.1. The highest BCUT2D eigenvalue weighted by atomic mass is 79.9. The predicted octanol–water partition coefficient (Wildman–Crippen LogP) is 3.33. The lowest BCUT2D eigenvalue weighted by atomic mass is 10.1. The lowest BCUT2D eigenvalue weighted by Gasteiger charge is -2.00. The van der Waals surface area contributed by atoms with Crippen LogP contribution < -0.4 is 0 Å². The Bertz CT molecular complexity index is 383. The molecule has 3 heteroatoms. The van der Waals surface area contributed by atoms with Crippen LogP contribution in [-0.2, 0) is 9.53 Å². The second-order valence-corrected chi connectivity index (χ2v) is 3.96. The summed E-state index contributed by atoms with van der Waals surface area (Å²) in [6.45, 7) is 4.20. The van der Waals surface area contributed by atoms with E-state index in [2.05, 4.69) is 15.9 Å².